The van der Waals surface area contributed by atoms with Crippen molar-refractivity contribution >= 4 is 17.7 Å². The molecule has 1 aliphatic heterocycles. The molecule has 0 aromatic heterocycles. The Morgan fingerprint density at radius 2 is 2.33 bits per heavy atom. The quantitative estimate of drug-likeness (QED) is 0.883. The minimum atomic E-state index is -0.0999. The van der Waals surface area contributed by atoms with Crippen molar-refractivity contribution in [3.8, 4) is 5.75 Å². The summed E-state index contributed by atoms with van der Waals surface area (Å²) in [4.78, 5) is 12.1. The maximum absolute atomic E-state index is 12.1. The van der Waals surface area contributed by atoms with Gasteiger partial charge in [0.2, 0.25) is 0 Å². The molecule has 4 heteroatoms. The Kier molecular flexibility index (Phi) is 3.85. The van der Waals surface area contributed by atoms with Gasteiger partial charge in [-0.1, -0.05) is 6.07 Å². The first-order valence-corrected chi connectivity index (χ1v) is 7.21. The van der Waals surface area contributed by atoms with Gasteiger partial charge in [0.15, 0.2) is 0 Å². The van der Waals surface area contributed by atoms with E-state index in [9.17, 15) is 9.90 Å². The lowest BCUT2D eigenvalue weighted by atomic mass is 10.0. The number of amides is 1. The van der Waals surface area contributed by atoms with Gasteiger partial charge in [-0.2, -0.15) is 11.8 Å². The summed E-state index contributed by atoms with van der Waals surface area (Å²) in [6, 6.07) is 5.04. The van der Waals surface area contributed by atoms with Crippen LogP contribution in [0.3, 0.4) is 0 Å². The molecule has 1 aromatic carbocycles. The zero-order valence-corrected chi connectivity index (χ0v) is 11.6. The van der Waals surface area contributed by atoms with Crippen LogP contribution in [-0.2, 0) is 0 Å². The summed E-state index contributed by atoms with van der Waals surface area (Å²) in [6.45, 7) is 4.64. The molecule has 3 nitrogen and oxygen atoms in total. The number of hydrogen-bond donors (Lipinski definition) is 2. The van der Waals surface area contributed by atoms with E-state index < -0.39 is 0 Å². The molecule has 1 fully saturated rings. The molecule has 2 N–H and O–H groups in total. The molecular formula is C14H19NO2S. The lowest BCUT2D eigenvalue weighted by Crippen LogP contribution is -2.37. The van der Waals surface area contributed by atoms with Gasteiger partial charge in [0.1, 0.15) is 5.75 Å². The summed E-state index contributed by atoms with van der Waals surface area (Å²) < 4.78 is 0.167. The second kappa shape index (κ2) is 5.22. The van der Waals surface area contributed by atoms with Crippen LogP contribution < -0.4 is 5.32 Å². The molecule has 1 aliphatic rings. The summed E-state index contributed by atoms with van der Waals surface area (Å²) in [7, 11) is 0. The molecule has 2 rings (SSSR count). The lowest BCUT2D eigenvalue weighted by molar-refractivity contribution is 0.0949. The highest BCUT2D eigenvalue weighted by Crippen LogP contribution is 2.37. The van der Waals surface area contributed by atoms with Crippen molar-refractivity contribution in [1.29, 1.82) is 0 Å². The number of carbonyl (C=O) groups is 1. The molecule has 1 saturated heterocycles. The number of phenolic OH excluding ortho intramolecular Hbond substituents is 1. The number of carbonyl (C=O) groups excluding carboxylic acids is 1. The highest BCUT2D eigenvalue weighted by atomic mass is 32.2. The Balaban J connectivity index is 2.01. The molecule has 18 heavy (non-hydrogen) atoms. The number of thioether (sulfide) groups is 1. The molecule has 98 valence electrons. The Morgan fingerprint density at radius 3 is 3.00 bits per heavy atom. The van der Waals surface area contributed by atoms with Gasteiger partial charge in [0.25, 0.3) is 5.91 Å². The lowest BCUT2D eigenvalue weighted by Gasteiger charge is -2.23. The Morgan fingerprint density at radius 1 is 1.56 bits per heavy atom. The van der Waals surface area contributed by atoms with Crippen molar-refractivity contribution in [2.24, 2.45) is 0 Å². The summed E-state index contributed by atoms with van der Waals surface area (Å²) >= 11 is 1.93. The average Bonchev–Trinajstić information content (AvgIpc) is 2.77. The molecule has 1 atom stereocenters. The maximum Gasteiger partial charge on any atom is 0.251 e. The Bertz CT molecular complexity index is 453. The van der Waals surface area contributed by atoms with Crippen LogP contribution in [-0.4, -0.2) is 28.1 Å². The van der Waals surface area contributed by atoms with Crippen LogP contribution in [0.25, 0.3) is 0 Å². The highest BCUT2D eigenvalue weighted by molar-refractivity contribution is 8.00. The molecular weight excluding hydrogens is 246 g/mol. The van der Waals surface area contributed by atoms with Gasteiger partial charge < -0.3 is 10.4 Å². The standard InChI is InChI=1S/C14H19NO2S/c1-10-11(5-3-6-12(10)16)13(17)15-9-14(2)7-4-8-18-14/h3,5-6,16H,4,7-9H2,1-2H3,(H,15,17). The van der Waals surface area contributed by atoms with E-state index in [0.29, 0.717) is 17.7 Å². The van der Waals surface area contributed by atoms with Crippen molar-refractivity contribution in [3.63, 3.8) is 0 Å². The number of hydrogen-bond acceptors (Lipinski definition) is 3. The molecule has 0 bridgehead atoms. The third-order valence-electron chi connectivity index (χ3n) is 3.47. The third kappa shape index (κ3) is 2.80. The summed E-state index contributed by atoms with van der Waals surface area (Å²) in [5.41, 5.74) is 1.20. The largest absolute Gasteiger partial charge is 0.508 e. The van der Waals surface area contributed by atoms with E-state index in [4.69, 9.17) is 0 Å². The third-order valence-corrected chi connectivity index (χ3v) is 5.01. The van der Waals surface area contributed by atoms with Crippen LogP contribution in [0, 0.1) is 6.92 Å². The SMILES string of the molecule is Cc1c(O)cccc1C(=O)NCC1(C)CCCS1. The fourth-order valence-corrected chi connectivity index (χ4v) is 3.45. The highest BCUT2D eigenvalue weighted by Gasteiger charge is 2.29. The van der Waals surface area contributed by atoms with E-state index in [-0.39, 0.29) is 16.4 Å². The minimum absolute atomic E-state index is 0.0999. The van der Waals surface area contributed by atoms with Crippen molar-refractivity contribution in [2.75, 3.05) is 12.3 Å². The zero-order valence-electron chi connectivity index (χ0n) is 10.8. The van der Waals surface area contributed by atoms with Gasteiger partial charge in [-0.25, -0.2) is 0 Å². The monoisotopic (exact) mass is 265 g/mol. The van der Waals surface area contributed by atoms with E-state index in [1.807, 2.05) is 11.8 Å². The van der Waals surface area contributed by atoms with Gasteiger partial charge in [-0.15, -0.1) is 0 Å². The van der Waals surface area contributed by atoms with Crippen LogP contribution in [0.5, 0.6) is 5.75 Å². The van der Waals surface area contributed by atoms with Crippen molar-refractivity contribution in [3.05, 3.63) is 29.3 Å². The Hall–Kier alpha value is -1.16. The molecule has 1 aromatic rings. The van der Waals surface area contributed by atoms with E-state index >= 15 is 0 Å². The second-order valence-electron chi connectivity index (χ2n) is 5.03. The van der Waals surface area contributed by atoms with Crippen molar-refractivity contribution in [1.82, 2.24) is 5.32 Å². The first-order valence-electron chi connectivity index (χ1n) is 6.23. The van der Waals surface area contributed by atoms with Gasteiger partial charge in [-0.05, 0) is 44.6 Å². The van der Waals surface area contributed by atoms with Gasteiger partial charge in [-0.3, -0.25) is 4.79 Å². The molecule has 0 spiro atoms. The average molecular weight is 265 g/mol. The zero-order chi connectivity index (χ0) is 13.2. The van der Waals surface area contributed by atoms with Crippen LogP contribution in [0.1, 0.15) is 35.7 Å². The number of phenols is 1. The van der Waals surface area contributed by atoms with Gasteiger partial charge >= 0.3 is 0 Å². The maximum atomic E-state index is 12.1. The fourth-order valence-electron chi connectivity index (χ4n) is 2.21. The summed E-state index contributed by atoms with van der Waals surface area (Å²) in [6.07, 6.45) is 2.37. The van der Waals surface area contributed by atoms with Crippen LogP contribution >= 0.6 is 11.8 Å². The fraction of sp³-hybridized carbons (Fsp3) is 0.500. The smallest absolute Gasteiger partial charge is 0.251 e. The molecule has 0 radical (unpaired) electrons. The topological polar surface area (TPSA) is 49.3 Å². The summed E-state index contributed by atoms with van der Waals surface area (Å²) in [5.74, 6) is 1.25. The van der Waals surface area contributed by atoms with Crippen LogP contribution in [0.2, 0.25) is 0 Å². The Labute approximate surface area is 112 Å². The normalized spacial score (nSPS) is 23.0. The van der Waals surface area contributed by atoms with E-state index in [1.54, 1.807) is 25.1 Å². The van der Waals surface area contributed by atoms with Gasteiger partial charge in [0.05, 0.1) is 0 Å². The minimum Gasteiger partial charge on any atom is -0.508 e. The predicted molar refractivity (Wildman–Crippen MR) is 75.3 cm³/mol. The van der Waals surface area contributed by atoms with E-state index in [1.165, 1.54) is 12.2 Å². The number of benzene rings is 1. The first kappa shape index (κ1) is 13.3. The van der Waals surface area contributed by atoms with Gasteiger partial charge in [0, 0.05) is 22.4 Å². The molecule has 0 aliphatic carbocycles. The molecule has 0 saturated carbocycles. The second-order valence-corrected chi connectivity index (χ2v) is 6.72. The van der Waals surface area contributed by atoms with Crippen LogP contribution in [0.4, 0.5) is 0 Å². The number of aromatic hydroxyl groups is 1. The predicted octanol–water partition coefficient (Wildman–Crippen LogP) is 2.72. The molecule has 1 amide bonds. The molecule has 1 unspecified atom stereocenters. The van der Waals surface area contributed by atoms with Crippen LogP contribution in [0.15, 0.2) is 18.2 Å². The van der Waals surface area contributed by atoms with E-state index in [2.05, 4.69) is 12.2 Å². The van der Waals surface area contributed by atoms with Crippen molar-refractivity contribution < 1.29 is 9.90 Å². The summed E-state index contributed by atoms with van der Waals surface area (Å²) in [5, 5.41) is 12.6. The van der Waals surface area contributed by atoms with Crippen molar-refractivity contribution in [2.45, 2.75) is 31.4 Å². The van der Waals surface area contributed by atoms with E-state index in [0.717, 1.165) is 6.42 Å². The number of rotatable bonds is 3. The number of nitrogens with one attached hydrogen (secondary N) is 1. The molecule has 1 heterocycles. The first-order chi connectivity index (χ1) is 8.52.